The zero-order valence-corrected chi connectivity index (χ0v) is 11.5. The van der Waals surface area contributed by atoms with Gasteiger partial charge in [0.1, 0.15) is 0 Å². The number of benzene rings is 1. The van der Waals surface area contributed by atoms with Crippen LogP contribution in [0.3, 0.4) is 0 Å². The Balaban J connectivity index is 1.59. The maximum absolute atomic E-state index is 5.51. The van der Waals surface area contributed by atoms with Crippen molar-refractivity contribution in [3.63, 3.8) is 0 Å². The average Bonchev–Trinajstić information content (AvgIpc) is 3.14. The molecule has 4 nitrogen and oxygen atoms in total. The highest BCUT2D eigenvalue weighted by molar-refractivity contribution is 5.38. The van der Waals surface area contributed by atoms with Crippen LogP contribution in [0.1, 0.15) is 60.5 Å². The second-order valence-electron chi connectivity index (χ2n) is 5.78. The van der Waals surface area contributed by atoms with Crippen LogP contribution in [0, 0.1) is 0 Å². The highest BCUT2D eigenvalue weighted by atomic mass is 16.5. The summed E-state index contributed by atoms with van der Waals surface area (Å²) in [7, 11) is 0. The van der Waals surface area contributed by atoms with Gasteiger partial charge >= 0.3 is 0 Å². The molecule has 0 bridgehead atoms. The molecule has 0 amide bonds. The van der Waals surface area contributed by atoms with Crippen molar-refractivity contribution >= 4 is 0 Å². The van der Waals surface area contributed by atoms with E-state index in [4.69, 9.17) is 4.52 Å². The van der Waals surface area contributed by atoms with Crippen LogP contribution in [0.15, 0.2) is 28.8 Å². The van der Waals surface area contributed by atoms with Crippen LogP contribution in [0.5, 0.6) is 0 Å². The van der Waals surface area contributed by atoms with Crippen molar-refractivity contribution in [2.24, 2.45) is 0 Å². The quantitative estimate of drug-likeness (QED) is 0.910. The van der Waals surface area contributed by atoms with E-state index in [0.717, 1.165) is 37.5 Å². The molecule has 1 fully saturated rings. The minimum absolute atomic E-state index is 0.252. The third kappa shape index (κ3) is 2.04. The van der Waals surface area contributed by atoms with Gasteiger partial charge in [0.2, 0.25) is 5.89 Å². The van der Waals surface area contributed by atoms with Gasteiger partial charge in [-0.1, -0.05) is 35.8 Å². The SMILES string of the molecule is c1ccc2c(c1)CCC2c1noc([C@H]2CCCCN2)n1. The molecule has 20 heavy (non-hydrogen) atoms. The van der Waals surface area contributed by atoms with Gasteiger partial charge in [0, 0.05) is 5.92 Å². The van der Waals surface area contributed by atoms with Gasteiger partial charge < -0.3 is 9.84 Å². The fourth-order valence-corrected chi connectivity index (χ4v) is 3.42. The first-order chi connectivity index (χ1) is 9.92. The highest BCUT2D eigenvalue weighted by Crippen LogP contribution is 2.37. The normalized spacial score (nSPS) is 25.6. The van der Waals surface area contributed by atoms with Crippen molar-refractivity contribution in [1.82, 2.24) is 15.5 Å². The number of aryl methyl sites for hydroxylation is 1. The predicted molar refractivity (Wildman–Crippen MR) is 75.5 cm³/mol. The number of fused-ring (bicyclic) bond motifs is 1. The first kappa shape index (κ1) is 12.1. The van der Waals surface area contributed by atoms with E-state index in [0.29, 0.717) is 5.92 Å². The summed E-state index contributed by atoms with van der Waals surface area (Å²) in [6.45, 7) is 1.05. The summed E-state index contributed by atoms with van der Waals surface area (Å²) in [5, 5.41) is 7.71. The smallest absolute Gasteiger partial charge is 0.243 e. The Hall–Kier alpha value is -1.68. The number of rotatable bonds is 2. The first-order valence-electron chi connectivity index (χ1n) is 7.56. The van der Waals surface area contributed by atoms with Crippen molar-refractivity contribution in [3.8, 4) is 0 Å². The molecule has 1 aromatic carbocycles. The van der Waals surface area contributed by atoms with Gasteiger partial charge in [-0.05, 0) is 43.4 Å². The van der Waals surface area contributed by atoms with Crippen LogP contribution in [0.4, 0.5) is 0 Å². The first-order valence-corrected chi connectivity index (χ1v) is 7.56. The maximum Gasteiger partial charge on any atom is 0.243 e. The minimum atomic E-state index is 0.252. The summed E-state index contributed by atoms with van der Waals surface area (Å²) in [5.41, 5.74) is 2.80. The summed E-state index contributed by atoms with van der Waals surface area (Å²) < 4.78 is 5.51. The molecule has 2 aromatic rings. The monoisotopic (exact) mass is 269 g/mol. The third-order valence-electron chi connectivity index (χ3n) is 4.51. The van der Waals surface area contributed by atoms with E-state index in [1.807, 2.05) is 0 Å². The number of nitrogens with one attached hydrogen (secondary N) is 1. The topological polar surface area (TPSA) is 51.0 Å². The Morgan fingerprint density at radius 2 is 2.10 bits per heavy atom. The Morgan fingerprint density at radius 1 is 1.15 bits per heavy atom. The van der Waals surface area contributed by atoms with Gasteiger partial charge in [-0.2, -0.15) is 4.98 Å². The maximum atomic E-state index is 5.51. The van der Waals surface area contributed by atoms with E-state index in [9.17, 15) is 0 Å². The molecule has 0 spiro atoms. The van der Waals surface area contributed by atoms with Crippen molar-refractivity contribution in [2.45, 2.75) is 44.1 Å². The summed E-state index contributed by atoms with van der Waals surface area (Å²) in [4.78, 5) is 4.67. The van der Waals surface area contributed by atoms with Gasteiger partial charge in [-0.15, -0.1) is 0 Å². The zero-order valence-electron chi connectivity index (χ0n) is 11.5. The number of hydrogen-bond acceptors (Lipinski definition) is 4. The molecule has 1 saturated heterocycles. The van der Waals surface area contributed by atoms with E-state index < -0.39 is 0 Å². The Kier molecular flexibility index (Phi) is 3.03. The molecule has 1 aromatic heterocycles. The van der Waals surface area contributed by atoms with Crippen LogP contribution in [-0.2, 0) is 6.42 Å². The minimum Gasteiger partial charge on any atom is -0.338 e. The summed E-state index contributed by atoms with van der Waals surface area (Å²) in [6.07, 6.45) is 5.79. The fraction of sp³-hybridized carbons (Fsp3) is 0.500. The molecule has 2 heterocycles. The van der Waals surface area contributed by atoms with Crippen LogP contribution in [-0.4, -0.2) is 16.7 Å². The number of piperidine rings is 1. The molecule has 4 heteroatoms. The van der Waals surface area contributed by atoms with Gasteiger partial charge in [0.05, 0.1) is 6.04 Å². The zero-order chi connectivity index (χ0) is 13.4. The lowest BCUT2D eigenvalue weighted by Gasteiger charge is -2.19. The molecule has 1 aliphatic heterocycles. The summed E-state index contributed by atoms with van der Waals surface area (Å²) in [6, 6.07) is 8.86. The fourth-order valence-electron chi connectivity index (χ4n) is 3.42. The standard InChI is InChI=1S/C16H19N3O/c1-2-6-12-11(5-1)8-9-13(12)15-18-16(20-19-15)14-7-3-4-10-17-14/h1-2,5-6,13-14,17H,3-4,7-10H2/t13?,14-/m1/s1. The average molecular weight is 269 g/mol. The molecule has 1 N–H and O–H groups in total. The molecule has 104 valence electrons. The van der Waals surface area contributed by atoms with E-state index in [-0.39, 0.29) is 6.04 Å². The molecule has 1 unspecified atom stereocenters. The molecule has 4 rings (SSSR count). The second-order valence-corrected chi connectivity index (χ2v) is 5.78. The number of nitrogens with zero attached hydrogens (tertiary/aromatic N) is 2. The molecular formula is C16H19N3O. The predicted octanol–water partition coefficient (Wildman–Crippen LogP) is 2.96. The lowest BCUT2D eigenvalue weighted by Crippen LogP contribution is -2.27. The van der Waals surface area contributed by atoms with E-state index in [1.54, 1.807) is 0 Å². The van der Waals surface area contributed by atoms with Gasteiger partial charge in [0.15, 0.2) is 5.82 Å². The van der Waals surface area contributed by atoms with E-state index >= 15 is 0 Å². The van der Waals surface area contributed by atoms with Crippen molar-refractivity contribution in [3.05, 3.63) is 47.1 Å². The van der Waals surface area contributed by atoms with Crippen LogP contribution >= 0.6 is 0 Å². The second kappa shape index (κ2) is 5.02. The van der Waals surface area contributed by atoms with Gasteiger partial charge in [-0.25, -0.2) is 0 Å². The molecule has 1 aliphatic carbocycles. The lowest BCUT2D eigenvalue weighted by molar-refractivity contribution is 0.295. The largest absolute Gasteiger partial charge is 0.338 e. The Bertz CT molecular complexity index is 601. The molecule has 0 saturated carbocycles. The van der Waals surface area contributed by atoms with Crippen molar-refractivity contribution in [1.29, 1.82) is 0 Å². The Morgan fingerprint density at radius 3 is 3.00 bits per heavy atom. The molecule has 0 radical (unpaired) electrons. The van der Waals surface area contributed by atoms with E-state index in [1.165, 1.54) is 24.0 Å². The molecule has 2 aliphatic rings. The van der Waals surface area contributed by atoms with Crippen molar-refractivity contribution < 1.29 is 4.52 Å². The van der Waals surface area contributed by atoms with Crippen LogP contribution in [0.25, 0.3) is 0 Å². The summed E-state index contributed by atoms with van der Waals surface area (Å²) in [5.74, 6) is 1.94. The van der Waals surface area contributed by atoms with Crippen molar-refractivity contribution in [2.75, 3.05) is 6.54 Å². The van der Waals surface area contributed by atoms with E-state index in [2.05, 4.69) is 39.7 Å². The lowest BCUT2D eigenvalue weighted by atomic mass is 10.0. The number of aromatic nitrogens is 2. The third-order valence-corrected chi connectivity index (χ3v) is 4.51. The van der Waals surface area contributed by atoms with Crippen LogP contribution in [0.2, 0.25) is 0 Å². The summed E-state index contributed by atoms with van der Waals surface area (Å²) >= 11 is 0. The highest BCUT2D eigenvalue weighted by Gasteiger charge is 2.29. The van der Waals surface area contributed by atoms with Crippen LogP contribution < -0.4 is 5.32 Å². The van der Waals surface area contributed by atoms with Gasteiger partial charge in [-0.3, -0.25) is 0 Å². The molecular weight excluding hydrogens is 250 g/mol. The molecule has 2 atom stereocenters. The number of hydrogen-bond donors (Lipinski definition) is 1. The Labute approximate surface area is 118 Å². The van der Waals surface area contributed by atoms with Gasteiger partial charge in [0.25, 0.3) is 0 Å².